The van der Waals surface area contributed by atoms with Crippen molar-refractivity contribution in [3.05, 3.63) is 94.8 Å². The zero-order valence-corrected chi connectivity index (χ0v) is 18.9. The summed E-state index contributed by atoms with van der Waals surface area (Å²) < 4.78 is 14.2. The number of carboxylic acid groups (broad SMARTS) is 1. The van der Waals surface area contributed by atoms with Crippen LogP contribution in [0.4, 0.5) is 15.8 Å². The van der Waals surface area contributed by atoms with Gasteiger partial charge in [-0.1, -0.05) is 48.5 Å². The number of para-hydroxylation sites is 1. The van der Waals surface area contributed by atoms with Gasteiger partial charge in [0.05, 0.1) is 34.9 Å². The lowest BCUT2D eigenvalue weighted by atomic mass is 9.95. The van der Waals surface area contributed by atoms with E-state index in [1.807, 2.05) is 30.3 Å². The Bertz CT molecular complexity index is 1210. The third-order valence-electron chi connectivity index (χ3n) is 6.26. The molecule has 4 rings (SSSR count). The topological polar surface area (TPSA) is 97.2 Å². The van der Waals surface area contributed by atoms with E-state index < -0.39 is 17.7 Å². The van der Waals surface area contributed by atoms with Gasteiger partial charge in [0.25, 0.3) is 0 Å². The lowest BCUT2D eigenvalue weighted by Crippen LogP contribution is -2.44. The molecule has 4 N–H and O–H groups in total. The van der Waals surface area contributed by atoms with Crippen LogP contribution in [0.25, 0.3) is 0 Å². The second-order valence-corrected chi connectivity index (χ2v) is 8.48. The molecular formula is C27H27FN4O2. The van der Waals surface area contributed by atoms with Gasteiger partial charge in [-0.2, -0.15) is 5.26 Å². The summed E-state index contributed by atoms with van der Waals surface area (Å²) >= 11 is 0. The standard InChI is InChI=1S/C27H27FN4O2/c1-17(27(33)34)21-14-18(10-11-22(21)28)12-13-30-25(19-6-3-2-4-7-19)24-16-31-23-9-5-8-20(15-29)26(23)32-24/h2-11,14,17,24-25,30-32H,12-13,16H2,1H3,(H,33,34)/t17-,24+,25+/m0/s1. The number of hydrogen-bond acceptors (Lipinski definition) is 5. The summed E-state index contributed by atoms with van der Waals surface area (Å²) in [7, 11) is 0. The molecule has 6 nitrogen and oxygen atoms in total. The van der Waals surface area contributed by atoms with E-state index in [9.17, 15) is 19.6 Å². The molecule has 1 aliphatic rings. The maximum atomic E-state index is 14.2. The number of benzene rings is 3. The van der Waals surface area contributed by atoms with Gasteiger partial charge in [0, 0.05) is 12.1 Å². The van der Waals surface area contributed by atoms with Crippen LogP contribution >= 0.6 is 0 Å². The predicted molar refractivity (Wildman–Crippen MR) is 130 cm³/mol. The van der Waals surface area contributed by atoms with Crippen LogP contribution in [0.3, 0.4) is 0 Å². The van der Waals surface area contributed by atoms with Crippen molar-refractivity contribution in [2.45, 2.75) is 31.3 Å². The number of hydrogen-bond donors (Lipinski definition) is 4. The Labute approximate surface area is 198 Å². The zero-order valence-electron chi connectivity index (χ0n) is 18.9. The summed E-state index contributed by atoms with van der Waals surface area (Å²) in [5, 5.41) is 29.4. The Morgan fingerprint density at radius 3 is 2.74 bits per heavy atom. The average Bonchev–Trinajstić information content (AvgIpc) is 2.87. The van der Waals surface area contributed by atoms with Crippen molar-refractivity contribution in [1.29, 1.82) is 5.26 Å². The largest absolute Gasteiger partial charge is 0.481 e. The Kier molecular flexibility index (Phi) is 7.09. The third kappa shape index (κ3) is 5.03. The number of nitrogens with one attached hydrogen (secondary N) is 3. The number of carboxylic acids is 1. The highest BCUT2D eigenvalue weighted by atomic mass is 19.1. The quantitative estimate of drug-likeness (QED) is 0.392. The summed E-state index contributed by atoms with van der Waals surface area (Å²) in [6.07, 6.45) is 0.614. The smallest absolute Gasteiger partial charge is 0.310 e. The molecule has 0 bridgehead atoms. The first-order valence-corrected chi connectivity index (χ1v) is 11.3. The number of rotatable bonds is 8. The minimum atomic E-state index is -1.05. The van der Waals surface area contributed by atoms with Gasteiger partial charge >= 0.3 is 5.97 Å². The minimum Gasteiger partial charge on any atom is -0.481 e. The van der Waals surface area contributed by atoms with Gasteiger partial charge in [-0.3, -0.25) is 4.79 Å². The van der Waals surface area contributed by atoms with Crippen LogP contribution in [0.15, 0.2) is 66.7 Å². The lowest BCUT2D eigenvalue weighted by Gasteiger charge is -2.35. The third-order valence-corrected chi connectivity index (χ3v) is 6.26. The molecule has 0 radical (unpaired) electrons. The molecule has 174 valence electrons. The SMILES string of the molecule is C[C@H](C(=O)O)c1cc(CCN[C@H](c2ccccc2)[C@H]2CNc3cccc(C#N)c3N2)ccc1F. The first-order valence-electron chi connectivity index (χ1n) is 11.3. The number of aliphatic carboxylic acids is 1. The fourth-order valence-electron chi connectivity index (χ4n) is 4.34. The minimum absolute atomic E-state index is 0.0137. The van der Waals surface area contributed by atoms with Crippen LogP contribution in [0.5, 0.6) is 0 Å². The van der Waals surface area contributed by atoms with Crippen LogP contribution in [-0.2, 0) is 11.2 Å². The van der Waals surface area contributed by atoms with Crippen molar-refractivity contribution in [2.75, 3.05) is 23.7 Å². The molecule has 7 heteroatoms. The molecule has 0 fully saturated rings. The van der Waals surface area contributed by atoms with Crippen LogP contribution in [0.1, 0.15) is 41.1 Å². The predicted octanol–water partition coefficient (Wildman–Crippen LogP) is 4.67. The molecule has 1 aliphatic heterocycles. The van der Waals surface area contributed by atoms with Crippen molar-refractivity contribution >= 4 is 17.3 Å². The van der Waals surface area contributed by atoms with E-state index >= 15 is 0 Å². The van der Waals surface area contributed by atoms with Crippen molar-refractivity contribution in [3.8, 4) is 6.07 Å². The molecule has 0 unspecified atom stereocenters. The molecule has 34 heavy (non-hydrogen) atoms. The molecule has 3 atom stereocenters. The molecule has 0 aromatic heterocycles. The maximum absolute atomic E-state index is 14.2. The van der Waals surface area contributed by atoms with E-state index in [1.165, 1.54) is 13.0 Å². The van der Waals surface area contributed by atoms with E-state index in [-0.39, 0.29) is 17.6 Å². The summed E-state index contributed by atoms with van der Waals surface area (Å²) in [6, 6.07) is 22.6. The van der Waals surface area contributed by atoms with E-state index in [0.717, 1.165) is 22.5 Å². The number of carbonyl (C=O) groups is 1. The summed E-state index contributed by atoms with van der Waals surface area (Å²) in [4.78, 5) is 11.3. The first-order chi connectivity index (χ1) is 16.5. The van der Waals surface area contributed by atoms with Crippen molar-refractivity contribution in [1.82, 2.24) is 5.32 Å². The van der Waals surface area contributed by atoms with Gasteiger partial charge in [-0.25, -0.2) is 4.39 Å². The van der Waals surface area contributed by atoms with Gasteiger partial charge in [-0.15, -0.1) is 0 Å². The van der Waals surface area contributed by atoms with Crippen molar-refractivity contribution < 1.29 is 14.3 Å². The second kappa shape index (κ2) is 10.4. The molecule has 0 amide bonds. The van der Waals surface area contributed by atoms with Crippen molar-refractivity contribution in [3.63, 3.8) is 0 Å². The molecule has 0 aliphatic carbocycles. The maximum Gasteiger partial charge on any atom is 0.310 e. The first kappa shape index (κ1) is 23.3. The molecule has 3 aromatic carbocycles. The monoisotopic (exact) mass is 458 g/mol. The van der Waals surface area contributed by atoms with Crippen LogP contribution < -0.4 is 16.0 Å². The summed E-state index contributed by atoms with van der Waals surface area (Å²) in [5.74, 6) is -2.46. The fourth-order valence-corrected chi connectivity index (χ4v) is 4.34. The van der Waals surface area contributed by atoms with Gasteiger partial charge < -0.3 is 21.1 Å². The second-order valence-electron chi connectivity index (χ2n) is 8.48. The number of fused-ring (bicyclic) bond motifs is 1. The van der Waals surface area contributed by atoms with Gasteiger partial charge in [-0.05, 0) is 49.2 Å². The molecule has 0 saturated carbocycles. The zero-order chi connectivity index (χ0) is 24.1. The Morgan fingerprint density at radius 2 is 2.00 bits per heavy atom. The van der Waals surface area contributed by atoms with Crippen molar-refractivity contribution in [2.24, 2.45) is 0 Å². The number of nitrogens with zero attached hydrogens (tertiary/aromatic N) is 1. The number of halogens is 1. The molecule has 0 saturated heterocycles. The fraction of sp³-hybridized carbons (Fsp3) is 0.259. The van der Waals surface area contributed by atoms with E-state index in [0.29, 0.717) is 25.1 Å². The highest BCUT2D eigenvalue weighted by Crippen LogP contribution is 2.33. The van der Waals surface area contributed by atoms with Gasteiger partial charge in [0.15, 0.2) is 0 Å². The summed E-state index contributed by atoms with van der Waals surface area (Å²) in [6.45, 7) is 2.77. The summed E-state index contributed by atoms with van der Waals surface area (Å²) in [5.41, 5.74) is 4.48. The molecule has 1 heterocycles. The average molecular weight is 459 g/mol. The highest BCUT2D eigenvalue weighted by molar-refractivity contribution is 5.77. The Morgan fingerprint density at radius 1 is 1.21 bits per heavy atom. The molecule has 3 aromatic rings. The number of nitriles is 1. The van der Waals surface area contributed by atoms with E-state index in [1.54, 1.807) is 18.2 Å². The van der Waals surface area contributed by atoms with E-state index in [4.69, 9.17) is 0 Å². The van der Waals surface area contributed by atoms with E-state index in [2.05, 4.69) is 34.2 Å². The van der Waals surface area contributed by atoms with Crippen LogP contribution in [0, 0.1) is 17.1 Å². The van der Waals surface area contributed by atoms with Gasteiger partial charge in [0.1, 0.15) is 11.9 Å². The normalized spacial score (nSPS) is 16.3. The molecule has 0 spiro atoms. The van der Waals surface area contributed by atoms with Gasteiger partial charge in [0.2, 0.25) is 0 Å². The number of anilines is 2. The van der Waals surface area contributed by atoms with Crippen LogP contribution in [-0.4, -0.2) is 30.2 Å². The highest BCUT2D eigenvalue weighted by Gasteiger charge is 2.28. The molecular weight excluding hydrogens is 431 g/mol. The Balaban J connectivity index is 1.51. The van der Waals surface area contributed by atoms with Crippen LogP contribution in [0.2, 0.25) is 0 Å². The lowest BCUT2D eigenvalue weighted by molar-refractivity contribution is -0.138. The Hall–Kier alpha value is -3.89.